The van der Waals surface area contributed by atoms with Gasteiger partial charge >= 0.3 is 0 Å². The molecule has 0 spiro atoms. The van der Waals surface area contributed by atoms with Gasteiger partial charge in [0, 0.05) is 19.3 Å². The highest BCUT2D eigenvalue weighted by atomic mass is 35.5. The molecule has 0 atom stereocenters. The van der Waals surface area contributed by atoms with Crippen molar-refractivity contribution in [1.29, 1.82) is 0 Å². The van der Waals surface area contributed by atoms with Crippen molar-refractivity contribution in [3.8, 4) is 0 Å². The minimum atomic E-state index is 0. The molecule has 1 saturated heterocycles. The molecule has 0 unspecified atom stereocenters. The van der Waals surface area contributed by atoms with Crippen LogP contribution >= 0.6 is 23.7 Å². The lowest BCUT2D eigenvalue weighted by Gasteiger charge is -2.26. The van der Waals surface area contributed by atoms with E-state index in [1.54, 1.807) is 11.3 Å². The van der Waals surface area contributed by atoms with Crippen molar-refractivity contribution in [3.63, 3.8) is 0 Å². The molecule has 0 aliphatic carbocycles. The number of thiophene rings is 1. The first-order valence-corrected chi connectivity index (χ1v) is 9.87. The summed E-state index contributed by atoms with van der Waals surface area (Å²) in [5.41, 5.74) is 8.28. The normalized spacial score (nSPS) is 15.9. The van der Waals surface area contributed by atoms with Crippen LogP contribution in [0.2, 0.25) is 0 Å². The number of aromatic nitrogens is 1. The van der Waals surface area contributed by atoms with Gasteiger partial charge in [0.25, 0.3) is 0 Å². The fourth-order valence-corrected chi connectivity index (χ4v) is 4.11. The highest BCUT2D eigenvalue weighted by Gasteiger charge is 2.10. The van der Waals surface area contributed by atoms with E-state index in [-0.39, 0.29) is 12.4 Å². The third kappa shape index (κ3) is 4.29. The van der Waals surface area contributed by atoms with Gasteiger partial charge in [0.1, 0.15) is 5.84 Å². The van der Waals surface area contributed by atoms with Crippen LogP contribution in [0.3, 0.4) is 0 Å². The van der Waals surface area contributed by atoms with E-state index in [2.05, 4.69) is 38.9 Å². The molecule has 0 radical (unpaired) electrons. The van der Waals surface area contributed by atoms with Crippen LogP contribution in [-0.2, 0) is 6.54 Å². The predicted molar refractivity (Wildman–Crippen MR) is 114 cm³/mol. The van der Waals surface area contributed by atoms with Gasteiger partial charge < -0.3 is 15.2 Å². The third-order valence-corrected chi connectivity index (χ3v) is 5.78. The summed E-state index contributed by atoms with van der Waals surface area (Å²) in [7, 11) is 0. The number of nitrogens with two attached hydrogens (primary N) is 1. The molecule has 6 heteroatoms. The van der Waals surface area contributed by atoms with E-state index >= 15 is 0 Å². The van der Waals surface area contributed by atoms with Crippen LogP contribution in [0.25, 0.3) is 10.9 Å². The largest absolute Gasteiger partial charge is 0.383 e. The molecule has 3 aromatic rings. The van der Waals surface area contributed by atoms with E-state index in [0.29, 0.717) is 5.84 Å². The second kappa shape index (κ2) is 8.71. The van der Waals surface area contributed by atoms with E-state index < -0.39 is 0 Å². The molecular weight excluding hydrogens is 364 g/mol. The van der Waals surface area contributed by atoms with E-state index in [0.717, 1.165) is 23.7 Å². The molecule has 4 rings (SSSR count). The van der Waals surface area contributed by atoms with Gasteiger partial charge in [0.05, 0.1) is 16.1 Å². The van der Waals surface area contributed by atoms with Crippen LogP contribution in [-0.4, -0.2) is 34.9 Å². The molecule has 1 fully saturated rings. The van der Waals surface area contributed by atoms with Gasteiger partial charge in [0.15, 0.2) is 0 Å². The molecule has 1 aliphatic rings. The number of amidine groups is 1. The summed E-state index contributed by atoms with van der Waals surface area (Å²) in [6, 6.07) is 12.5. The molecule has 26 heavy (non-hydrogen) atoms. The lowest BCUT2D eigenvalue weighted by Crippen LogP contribution is -2.32. The zero-order chi connectivity index (χ0) is 17.1. The van der Waals surface area contributed by atoms with E-state index in [1.807, 2.05) is 23.6 Å². The SMILES string of the molecule is Cl.NC(=Nc1ccc2ccn(CCN3CCCCC3)c2c1)c1cccs1. The highest BCUT2D eigenvalue weighted by molar-refractivity contribution is 7.12. The zero-order valence-corrected chi connectivity index (χ0v) is 16.4. The van der Waals surface area contributed by atoms with Crippen molar-refractivity contribution in [3.05, 3.63) is 52.9 Å². The molecule has 3 heterocycles. The first kappa shape index (κ1) is 19.0. The third-order valence-electron chi connectivity index (χ3n) is 4.89. The summed E-state index contributed by atoms with van der Waals surface area (Å²) in [4.78, 5) is 8.19. The molecule has 0 amide bonds. The number of likely N-dealkylation sites (tertiary alicyclic amines) is 1. The number of piperidine rings is 1. The van der Waals surface area contributed by atoms with Gasteiger partial charge in [-0.1, -0.05) is 18.6 Å². The van der Waals surface area contributed by atoms with Crippen LogP contribution < -0.4 is 5.73 Å². The summed E-state index contributed by atoms with van der Waals surface area (Å²) in [6.45, 7) is 4.63. The molecule has 0 saturated carbocycles. The lowest BCUT2D eigenvalue weighted by atomic mass is 10.1. The van der Waals surface area contributed by atoms with Crippen molar-refractivity contribution >= 4 is 46.2 Å². The molecule has 0 bridgehead atoms. The van der Waals surface area contributed by atoms with Crippen molar-refractivity contribution in [2.45, 2.75) is 25.8 Å². The van der Waals surface area contributed by atoms with Crippen LogP contribution in [0.4, 0.5) is 5.69 Å². The Hall–Kier alpha value is -1.82. The number of hydrogen-bond donors (Lipinski definition) is 1. The molecule has 2 aromatic heterocycles. The summed E-state index contributed by atoms with van der Waals surface area (Å²) in [6.07, 6.45) is 6.25. The number of nitrogens with zero attached hydrogens (tertiary/aromatic N) is 3. The number of benzene rings is 1. The Morgan fingerprint density at radius 1 is 1.08 bits per heavy atom. The van der Waals surface area contributed by atoms with E-state index in [9.17, 15) is 0 Å². The van der Waals surface area contributed by atoms with Crippen molar-refractivity contribution in [2.75, 3.05) is 19.6 Å². The summed E-state index contributed by atoms with van der Waals surface area (Å²) < 4.78 is 2.34. The molecule has 1 aliphatic heterocycles. The van der Waals surface area contributed by atoms with Crippen LogP contribution in [0.1, 0.15) is 24.1 Å². The van der Waals surface area contributed by atoms with Crippen molar-refractivity contribution in [1.82, 2.24) is 9.47 Å². The monoisotopic (exact) mass is 388 g/mol. The van der Waals surface area contributed by atoms with Gasteiger partial charge in [-0.15, -0.1) is 23.7 Å². The number of fused-ring (bicyclic) bond motifs is 1. The minimum absolute atomic E-state index is 0. The predicted octanol–water partition coefficient (Wildman–Crippen LogP) is 4.65. The highest BCUT2D eigenvalue weighted by Crippen LogP contribution is 2.23. The first-order valence-electron chi connectivity index (χ1n) is 8.99. The Labute approximate surface area is 164 Å². The van der Waals surface area contributed by atoms with Crippen molar-refractivity contribution in [2.24, 2.45) is 10.7 Å². The van der Waals surface area contributed by atoms with Crippen molar-refractivity contribution < 1.29 is 0 Å². The van der Waals surface area contributed by atoms with Crippen LogP contribution in [0, 0.1) is 0 Å². The number of rotatable bonds is 5. The Morgan fingerprint density at radius 2 is 1.92 bits per heavy atom. The van der Waals surface area contributed by atoms with Gasteiger partial charge in [-0.2, -0.15) is 0 Å². The minimum Gasteiger partial charge on any atom is -0.383 e. The maximum atomic E-state index is 6.13. The molecule has 1 aromatic carbocycles. The average Bonchev–Trinajstić information content (AvgIpc) is 3.31. The second-order valence-corrected chi connectivity index (χ2v) is 7.58. The smallest absolute Gasteiger partial charge is 0.141 e. The molecule has 2 N–H and O–H groups in total. The standard InChI is InChI=1S/C20H24N4S.ClH/c21-20(19-5-4-14-25-19)22-17-7-6-16-8-11-24(18(16)15-17)13-12-23-9-2-1-3-10-23;/h4-8,11,14-15H,1-3,9-10,12-13H2,(H2,21,22);1H. The fourth-order valence-electron chi connectivity index (χ4n) is 3.49. The Kier molecular flexibility index (Phi) is 6.35. The average molecular weight is 389 g/mol. The van der Waals surface area contributed by atoms with Crippen LogP contribution in [0.5, 0.6) is 0 Å². The Morgan fingerprint density at radius 3 is 2.69 bits per heavy atom. The topological polar surface area (TPSA) is 46.5 Å². The number of aliphatic imine (C=N–C) groups is 1. The summed E-state index contributed by atoms with van der Waals surface area (Å²) >= 11 is 1.62. The second-order valence-electron chi connectivity index (χ2n) is 6.63. The maximum Gasteiger partial charge on any atom is 0.141 e. The first-order chi connectivity index (χ1) is 12.3. The lowest BCUT2D eigenvalue weighted by molar-refractivity contribution is 0.221. The number of halogens is 1. The van der Waals surface area contributed by atoms with E-state index in [1.165, 1.54) is 43.3 Å². The fraction of sp³-hybridized carbons (Fsp3) is 0.350. The summed E-state index contributed by atoms with van der Waals surface area (Å²) in [5.74, 6) is 0.584. The quantitative estimate of drug-likeness (QED) is 0.511. The Balaban J connectivity index is 0.00000196. The molecule has 4 nitrogen and oxygen atoms in total. The van der Waals surface area contributed by atoms with E-state index in [4.69, 9.17) is 5.73 Å². The van der Waals surface area contributed by atoms with Gasteiger partial charge in [-0.3, -0.25) is 0 Å². The van der Waals surface area contributed by atoms with Crippen LogP contribution in [0.15, 0.2) is 53.0 Å². The molecular formula is C20H25ClN4S. The Bertz CT molecular complexity index is 863. The summed E-state index contributed by atoms with van der Waals surface area (Å²) in [5, 5.41) is 3.28. The van der Waals surface area contributed by atoms with Gasteiger partial charge in [-0.25, -0.2) is 4.99 Å². The number of hydrogen-bond acceptors (Lipinski definition) is 3. The van der Waals surface area contributed by atoms with Gasteiger partial charge in [0.2, 0.25) is 0 Å². The maximum absolute atomic E-state index is 6.13. The van der Waals surface area contributed by atoms with Gasteiger partial charge in [-0.05, 0) is 61.0 Å². The molecule has 138 valence electrons. The zero-order valence-electron chi connectivity index (χ0n) is 14.8.